The van der Waals surface area contributed by atoms with E-state index in [0.29, 0.717) is 36.6 Å². The standard InChI is InChI=1S/C13H12BrN5O2/c1-8-16-11(19-21-8)6-15-7-12-17-18-13(20-12)9-4-2-3-5-10(9)14/h2-5,15H,6-7H2,1H3. The number of aromatic nitrogens is 4. The van der Waals surface area contributed by atoms with Crippen LogP contribution in [0.3, 0.4) is 0 Å². The third-order valence-electron chi connectivity index (χ3n) is 2.70. The van der Waals surface area contributed by atoms with E-state index in [1.54, 1.807) is 6.92 Å². The smallest absolute Gasteiger partial charge is 0.248 e. The molecule has 3 aromatic rings. The van der Waals surface area contributed by atoms with Crippen molar-refractivity contribution in [2.45, 2.75) is 20.0 Å². The first-order valence-electron chi connectivity index (χ1n) is 6.29. The molecule has 1 N–H and O–H groups in total. The Balaban J connectivity index is 1.62. The van der Waals surface area contributed by atoms with E-state index in [2.05, 4.69) is 41.6 Å². The summed E-state index contributed by atoms with van der Waals surface area (Å²) in [7, 11) is 0. The van der Waals surface area contributed by atoms with Crippen molar-refractivity contribution in [2.24, 2.45) is 0 Å². The summed E-state index contributed by atoms with van der Waals surface area (Å²) < 4.78 is 11.4. The monoisotopic (exact) mass is 349 g/mol. The van der Waals surface area contributed by atoms with E-state index in [1.807, 2.05) is 24.3 Å². The zero-order valence-electron chi connectivity index (χ0n) is 11.2. The van der Waals surface area contributed by atoms with Gasteiger partial charge in [-0.05, 0) is 28.1 Å². The summed E-state index contributed by atoms with van der Waals surface area (Å²) in [6.07, 6.45) is 0. The number of rotatable bonds is 5. The van der Waals surface area contributed by atoms with Crippen molar-refractivity contribution in [3.8, 4) is 11.5 Å². The highest BCUT2D eigenvalue weighted by molar-refractivity contribution is 9.10. The van der Waals surface area contributed by atoms with Crippen LogP contribution in [-0.2, 0) is 13.1 Å². The second-order valence-corrected chi connectivity index (χ2v) is 5.17. The normalized spacial score (nSPS) is 11.0. The zero-order valence-corrected chi connectivity index (χ0v) is 12.8. The Kier molecular flexibility index (Phi) is 4.07. The molecule has 0 fully saturated rings. The Morgan fingerprint density at radius 3 is 2.81 bits per heavy atom. The van der Waals surface area contributed by atoms with Gasteiger partial charge in [-0.15, -0.1) is 10.2 Å². The minimum Gasteiger partial charge on any atom is -0.419 e. The predicted octanol–water partition coefficient (Wildman–Crippen LogP) is 2.48. The lowest BCUT2D eigenvalue weighted by atomic mass is 10.2. The molecule has 0 unspecified atom stereocenters. The van der Waals surface area contributed by atoms with Crippen molar-refractivity contribution < 1.29 is 8.94 Å². The van der Waals surface area contributed by atoms with Gasteiger partial charge in [0.05, 0.1) is 18.7 Å². The highest BCUT2D eigenvalue weighted by Crippen LogP contribution is 2.26. The van der Waals surface area contributed by atoms with E-state index in [1.165, 1.54) is 0 Å². The van der Waals surface area contributed by atoms with Gasteiger partial charge in [-0.3, -0.25) is 0 Å². The molecule has 0 aliphatic rings. The first-order chi connectivity index (χ1) is 10.2. The molecular weight excluding hydrogens is 338 g/mol. The van der Waals surface area contributed by atoms with Gasteiger partial charge in [0.1, 0.15) is 0 Å². The van der Waals surface area contributed by atoms with Crippen LogP contribution >= 0.6 is 15.9 Å². The summed E-state index contributed by atoms with van der Waals surface area (Å²) in [5.41, 5.74) is 0.866. The Hall–Kier alpha value is -2.06. The lowest BCUT2D eigenvalue weighted by molar-refractivity contribution is 0.384. The van der Waals surface area contributed by atoms with Gasteiger partial charge < -0.3 is 14.3 Å². The third kappa shape index (κ3) is 3.34. The van der Waals surface area contributed by atoms with Crippen LogP contribution in [0, 0.1) is 6.92 Å². The van der Waals surface area contributed by atoms with Crippen LogP contribution in [0.25, 0.3) is 11.5 Å². The molecule has 7 nitrogen and oxygen atoms in total. The largest absolute Gasteiger partial charge is 0.419 e. The van der Waals surface area contributed by atoms with Crippen LogP contribution in [0.15, 0.2) is 37.7 Å². The average molecular weight is 350 g/mol. The molecule has 3 rings (SSSR count). The molecule has 0 aliphatic carbocycles. The Labute approximate surface area is 128 Å². The molecule has 108 valence electrons. The average Bonchev–Trinajstić information content (AvgIpc) is 3.09. The molecular formula is C13H12BrN5O2. The number of aryl methyl sites for hydroxylation is 1. The van der Waals surface area contributed by atoms with Gasteiger partial charge in [-0.25, -0.2) is 0 Å². The van der Waals surface area contributed by atoms with E-state index >= 15 is 0 Å². The van der Waals surface area contributed by atoms with Crippen molar-refractivity contribution in [3.63, 3.8) is 0 Å². The number of hydrogen-bond donors (Lipinski definition) is 1. The van der Waals surface area contributed by atoms with Crippen LogP contribution in [-0.4, -0.2) is 20.3 Å². The minimum atomic E-state index is 0.436. The second-order valence-electron chi connectivity index (χ2n) is 4.31. The summed E-state index contributed by atoms with van der Waals surface area (Å²) in [6, 6.07) is 7.69. The lowest BCUT2D eigenvalue weighted by Crippen LogP contribution is -2.13. The molecule has 1 aromatic carbocycles. The number of halogens is 1. The summed E-state index contributed by atoms with van der Waals surface area (Å²) >= 11 is 3.46. The summed E-state index contributed by atoms with van der Waals surface area (Å²) in [4.78, 5) is 4.09. The Bertz CT molecular complexity index is 740. The fourth-order valence-corrected chi connectivity index (χ4v) is 2.22. The van der Waals surface area contributed by atoms with E-state index in [9.17, 15) is 0 Å². The molecule has 0 radical (unpaired) electrons. The number of nitrogens with zero attached hydrogens (tertiary/aromatic N) is 4. The first-order valence-corrected chi connectivity index (χ1v) is 7.09. The number of nitrogens with one attached hydrogen (secondary N) is 1. The first kappa shape index (κ1) is 13.9. The van der Waals surface area contributed by atoms with Gasteiger partial charge in [0, 0.05) is 11.4 Å². The molecule has 2 aromatic heterocycles. The van der Waals surface area contributed by atoms with Crippen LogP contribution in [0.4, 0.5) is 0 Å². The van der Waals surface area contributed by atoms with Crippen molar-refractivity contribution >= 4 is 15.9 Å². The molecule has 2 heterocycles. The highest BCUT2D eigenvalue weighted by atomic mass is 79.9. The molecule has 0 spiro atoms. The van der Waals surface area contributed by atoms with Gasteiger partial charge in [0.25, 0.3) is 0 Å². The summed E-state index contributed by atoms with van der Waals surface area (Å²) in [5, 5.41) is 15.0. The SMILES string of the molecule is Cc1nc(CNCc2nnc(-c3ccccc3Br)o2)no1. The van der Waals surface area contributed by atoms with Crippen molar-refractivity contribution in [1.29, 1.82) is 0 Å². The zero-order chi connectivity index (χ0) is 14.7. The van der Waals surface area contributed by atoms with Gasteiger partial charge in [0.2, 0.25) is 17.7 Å². The highest BCUT2D eigenvalue weighted by Gasteiger charge is 2.11. The second kappa shape index (κ2) is 6.15. The van der Waals surface area contributed by atoms with Crippen molar-refractivity contribution in [2.75, 3.05) is 0 Å². The van der Waals surface area contributed by atoms with Crippen LogP contribution < -0.4 is 5.32 Å². The maximum atomic E-state index is 5.61. The Morgan fingerprint density at radius 1 is 1.19 bits per heavy atom. The molecule has 0 bridgehead atoms. The number of benzene rings is 1. The van der Waals surface area contributed by atoms with Crippen LogP contribution in [0.1, 0.15) is 17.6 Å². The topological polar surface area (TPSA) is 89.9 Å². The minimum absolute atomic E-state index is 0.436. The summed E-state index contributed by atoms with van der Waals surface area (Å²) in [5.74, 6) is 2.12. The molecule has 0 aliphatic heterocycles. The van der Waals surface area contributed by atoms with E-state index < -0.39 is 0 Å². The molecule has 0 atom stereocenters. The van der Waals surface area contributed by atoms with E-state index in [0.717, 1.165) is 10.0 Å². The number of hydrogen-bond acceptors (Lipinski definition) is 7. The summed E-state index contributed by atoms with van der Waals surface area (Å²) in [6.45, 7) is 2.66. The van der Waals surface area contributed by atoms with Gasteiger partial charge in [-0.2, -0.15) is 4.98 Å². The fourth-order valence-electron chi connectivity index (χ4n) is 1.76. The van der Waals surface area contributed by atoms with Gasteiger partial charge in [0.15, 0.2) is 5.82 Å². The maximum Gasteiger partial charge on any atom is 0.248 e. The molecule has 8 heteroatoms. The molecule has 0 saturated heterocycles. The quantitative estimate of drug-likeness (QED) is 0.756. The van der Waals surface area contributed by atoms with Crippen molar-refractivity contribution in [3.05, 3.63) is 46.3 Å². The lowest BCUT2D eigenvalue weighted by Gasteiger charge is -1.98. The van der Waals surface area contributed by atoms with Crippen LogP contribution in [0.2, 0.25) is 0 Å². The molecule has 0 amide bonds. The third-order valence-corrected chi connectivity index (χ3v) is 3.39. The van der Waals surface area contributed by atoms with Crippen molar-refractivity contribution in [1.82, 2.24) is 25.7 Å². The fraction of sp³-hybridized carbons (Fsp3) is 0.231. The Morgan fingerprint density at radius 2 is 2.05 bits per heavy atom. The molecule has 0 saturated carbocycles. The van der Waals surface area contributed by atoms with E-state index in [4.69, 9.17) is 8.94 Å². The van der Waals surface area contributed by atoms with Gasteiger partial charge >= 0.3 is 0 Å². The van der Waals surface area contributed by atoms with E-state index in [-0.39, 0.29) is 0 Å². The maximum absolute atomic E-state index is 5.61. The molecule has 21 heavy (non-hydrogen) atoms. The van der Waals surface area contributed by atoms with Gasteiger partial charge in [-0.1, -0.05) is 17.3 Å². The van der Waals surface area contributed by atoms with Crippen LogP contribution in [0.5, 0.6) is 0 Å². The predicted molar refractivity (Wildman–Crippen MR) is 77.0 cm³/mol.